The van der Waals surface area contributed by atoms with E-state index in [1.54, 1.807) is 25.3 Å². The molecular weight excluding hydrogens is 516 g/mol. The summed E-state index contributed by atoms with van der Waals surface area (Å²) in [7, 11) is 1.58. The molecule has 0 N–H and O–H groups in total. The van der Waals surface area contributed by atoms with Gasteiger partial charge in [0, 0.05) is 0 Å². The predicted octanol–water partition coefficient (Wildman–Crippen LogP) is 7.24. The van der Waals surface area contributed by atoms with Crippen molar-refractivity contribution in [3.8, 4) is 17.6 Å². The Kier molecular flexibility index (Phi) is 6.72. The van der Waals surface area contributed by atoms with Gasteiger partial charge in [-0.25, -0.2) is 4.39 Å². The Balaban J connectivity index is 1.61. The zero-order chi connectivity index (χ0) is 22.5. The third-order valence-corrected chi connectivity index (χ3v) is 5.82. The molecule has 0 heterocycles. The molecule has 0 aliphatic heterocycles. The van der Waals surface area contributed by atoms with Gasteiger partial charge in [-0.1, -0.05) is 48.5 Å². The molecule has 0 aliphatic rings. The molecule has 0 spiro atoms. The molecule has 0 saturated heterocycles. The maximum atomic E-state index is 13.6. The van der Waals surface area contributed by atoms with Crippen molar-refractivity contribution in [1.82, 2.24) is 0 Å². The molecule has 4 rings (SSSR count). The van der Waals surface area contributed by atoms with Crippen LogP contribution in [0.5, 0.6) is 11.5 Å². The summed E-state index contributed by atoms with van der Waals surface area (Å²) in [4.78, 5) is 0. The molecule has 0 amide bonds. The first-order valence-electron chi connectivity index (χ1n) is 9.93. The van der Waals surface area contributed by atoms with E-state index in [9.17, 15) is 9.65 Å². The number of halogens is 2. The summed E-state index contributed by atoms with van der Waals surface area (Å²) in [5, 5.41) is 11.9. The second-order valence-corrected chi connectivity index (χ2v) is 8.35. The van der Waals surface area contributed by atoms with Crippen LogP contribution < -0.4 is 9.47 Å². The van der Waals surface area contributed by atoms with E-state index in [1.807, 2.05) is 24.3 Å². The Morgan fingerprint density at radius 2 is 1.81 bits per heavy atom. The molecule has 32 heavy (non-hydrogen) atoms. The third kappa shape index (κ3) is 4.92. The topological polar surface area (TPSA) is 42.2 Å². The van der Waals surface area contributed by atoms with E-state index in [2.05, 4.69) is 59.0 Å². The summed E-state index contributed by atoms with van der Waals surface area (Å²) < 4.78 is 26.1. The maximum absolute atomic E-state index is 13.6. The fourth-order valence-corrected chi connectivity index (χ4v) is 4.23. The predicted molar refractivity (Wildman–Crippen MR) is 134 cm³/mol. The fraction of sp³-hybridized carbons (Fsp3) is 0.0741. The average Bonchev–Trinajstić information content (AvgIpc) is 2.81. The quantitative estimate of drug-likeness (QED) is 0.149. The Hall–Kier alpha value is -3.37. The lowest BCUT2D eigenvalue weighted by Gasteiger charge is -2.14. The fourth-order valence-electron chi connectivity index (χ4n) is 3.45. The summed E-state index contributed by atoms with van der Waals surface area (Å²) in [6.45, 7) is 0.402. The number of methoxy groups -OCH3 is 1. The van der Waals surface area contributed by atoms with Gasteiger partial charge in [0.25, 0.3) is 0 Å². The zero-order valence-electron chi connectivity index (χ0n) is 17.3. The van der Waals surface area contributed by atoms with Gasteiger partial charge in [-0.15, -0.1) is 0 Å². The van der Waals surface area contributed by atoms with E-state index in [4.69, 9.17) is 9.47 Å². The minimum atomic E-state index is -0.381. The molecule has 5 heteroatoms. The van der Waals surface area contributed by atoms with Crippen LogP contribution in [0.3, 0.4) is 0 Å². The van der Waals surface area contributed by atoms with E-state index in [0.29, 0.717) is 29.2 Å². The Labute approximate surface area is 199 Å². The van der Waals surface area contributed by atoms with Crippen LogP contribution in [0.1, 0.15) is 16.7 Å². The smallest absolute Gasteiger partial charge is 0.174 e. The highest BCUT2D eigenvalue weighted by atomic mass is 127. The number of nitrogens with zero attached hydrogens (tertiary/aromatic N) is 1. The number of hydrogen-bond acceptors (Lipinski definition) is 3. The molecule has 0 fully saturated rings. The second-order valence-electron chi connectivity index (χ2n) is 7.18. The van der Waals surface area contributed by atoms with Crippen LogP contribution in [0.15, 0.2) is 78.9 Å². The van der Waals surface area contributed by atoms with E-state index < -0.39 is 0 Å². The summed E-state index contributed by atoms with van der Waals surface area (Å²) in [6, 6.07) is 26.3. The van der Waals surface area contributed by atoms with Crippen molar-refractivity contribution in [3.63, 3.8) is 0 Å². The Bertz CT molecular complexity index is 1360. The highest BCUT2D eigenvalue weighted by molar-refractivity contribution is 14.1. The lowest BCUT2D eigenvalue weighted by molar-refractivity contribution is 0.282. The standard InChI is InChI=1S/C27H19FINO2/c1-31-26-14-19(12-23(16-30)22-7-4-8-24(28)15-22)13-25(29)27(26)32-17-18-9-10-20-5-2-3-6-21(20)11-18/h2-15H,17H2,1H3/b23-12-. The van der Waals surface area contributed by atoms with E-state index in [0.717, 1.165) is 20.1 Å². The number of rotatable bonds is 6. The molecule has 0 unspecified atom stereocenters. The van der Waals surface area contributed by atoms with Gasteiger partial charge in [0.05, 0.1) is 22.3 Å². The number of nitriles is 1. The van der Waals surface area contributed by atoms with Gasteiger partial charge >= 0.3 is 0 Å². The second kappa shape index (κ2) is 9.84. The third-order valence-electron chi connectivity index (χ3n) is 5.02. The van der Waals surface area contributed by atoms with Crippen molar-refractivity contribution >= 4 is 45.0 Å². The first-order chi connectivity index (χ1) is 15.6. The van der Waals surface area contributed by atoms with E-state index >= 15 is 0 Å². The van der Waals surface area contributed by atoms with Crippen molar-refractivity contribution in [2.75, 3.05) is 7.11 Å². The minimum Gasteiger partial charge on any atom is -0.493 e. The van der Waals surface area contributed by atoms with Crippen LogP contribution in [0.4, 0.5) is 4.39 Å². The largest absolute Gasteiger partial charge is 0.493 e. The van der Waals surface area contributed by atoms with Crippen molar-refractivity contribution in [1.29, 1.82) is 5.26 Å². The average molecular weight is 535 g/mol. The van der Waals surface area contributed by atoms with Crippen molar-refractivity contribution in [2.45, 2.75) is 6.61 Å². The van der Waals surface area contributed by atoms with Gasteiger partial charge < -0.3 is 9.47 Å². The SMILES string of the molecule is COc1cc(/C=C(/C#N)c2cccc(F)c2)cc(I)c1OCc1ccc2ccccc2c1. The molecule has 0 saturated carbocycles. The molecule has 4 aromatic rings. The van der Waals surface area contributed by atoms with E-state index in [1.165, 1.54) is 17.5 Å². The van der Waals surface area contributed by atoms with E-state index in [-0.39, 0.29) is 5.82 Å². The number of allylic oxidation sites excluding steroid dienone is 1. The molecule has 0 radical (unpaired) electrons. The molecule has 0 aromatic heterocycles. The number of ether oxygens (including phenoxy) is 2. The highest BCUT2D eigenvalue weighted by Gasteiger charge is 2.13. The van der Waals surface area contributed by atoms with Gasteiger partial charge in [-0.3, -0.25) is 0 Å². The van der Waals surface area contributed by atoms with Crippen LogP contribution in [0.25, 0.3) is 22.4 Å². The maximum Gasteiger partial charge on any atom is 0.174 e. The highest BCUT2D eigenvalue weighted by Crippen LogP contribution is 2.36. The zero-order valence-corrected chi connectivity index (χ0v) is 19.5. The summed E-state index contributed by atoms with van der Waals surface area (Å²) in [6.07, 6.45) is 1.71. The van der Waals surface area contributed by atoms with Gasteiger partial charge in [0.15, 0.2) is 11.5 Å². The summed E-state index contributed by atoms with van der Waals surface area (Å²) in [5.41, 5.74) is 2.72. The molecule has 158 valence electrons. The normalized spacial score (nSPS) is 11.2. The van der Waals surface area contributed by atoms with Crippen molar-refractivity contribution in [2.24, 2.45) is 0 Å². The van der Waals surface area contributed by atoms with Crippen molar-refractivity contribution in [3.05, 3.63) is 105 Å². The lowest BCUT2D eigenvalue weighted by atomic mass is 10.0. The number of fused-ring (bicyclic) bond motifs is 1. The van der Waals surface area contributed by atoms with Crippen LogP contribution in [-0.4, -0.2) is 7.11 Å². The van der Waals surface area contributed by atoms with Crippen LogP contribution in [0.2, 0.25) is 0 Å². The van der Waals surface area contributed by atoms with Gasteiger partial charge in [-0.2, -0.15) is 5.26 Å². The van der Waals surface area contributed by atoms with Gasteiger partial charge in [-0.05, 0) is 86.5 Å². The molecule has 0 bridgehead atoms. The molecule has 0 atom stereocenters. The Morgan fingerprint density at radius 3 is 2.56 bits per heavy atom. The first kappa shape index (κ1) is 21.8. The number of hydrogen-bond donors (Lipinski definition) is 0. The van der Waals surface area contributed by atoms with Gasteiger partial charge in [0.1, 0.15) is 12.4 Å². The first-order valence-corrected chi connectivity index (χ1v) is 11.0. The van der Waals surface area contributed by atoms with Crippen molar-refractivity contribution < 1.29 is 13.9 Å². The van der Waals surface area contributed by atoms with Crippen LogP contribution in [0, 0.1) is 20.7 Å². The number of benzene rings is 4. The molecule has 3 nitrogen and oxygen atoms in total. The van der Waals surface area contributed by atoms with Gasteiger partial charge in [0.2, 0.25) is 0 Å². The molecule has 4 aromatic carbocycles. The monoisotopic (exact) mass is 535 g/mol. The summed E-state index contributed by atoms with van der Waals surface area (Å²) >= 11 is 2.19. The summed E-state index contributed by atoms with van der Waals surface area (Å²) in [5.74, 6) is 0.830. The van der Waals surface area contributed by atoms with Crippen LogP contribution >= 0.6 is 22.6 Å². The minimum absolute atomic E-state index is 0.368. The molecule has 0 aliphatic carbocycles. The Morgan fingerprint density at radius 1 is 1.00 bits per heavy atom. The molecular formula is C27H19FINO2. The lowest BCUT2D eigenvalue weighted by Crippen LogP contribution is -2.00. The van der Waals surface area contributed by atoms with Crippen LogP contribution in [-0.2, 0) is 6.61 Å².